The third kappa shape index (κ3) is 23.1. The highest BCUT2D eigenvalue weighted by atomic mass is 19.4. The van der Waals surface area contributed by atoms with E-state index < -0.39 is 157 Å². The second-order valence-electron chi connectivity index (χ2n) is 31.7. The summed E-state index contributed by atoms with van der Waals surface area (Å²) in [6, 6.07) is 36.0. The van der Waals surface area contributed by atoms with Crippen molar-refractivity contribution in [2.24, 2.45) is 5.73 Å². The van der Waals surface area contributed by atoms with Crippen molar-refractivity contribution in [1.82, 2.24) is 35.6 Å². The number of nitrogens with two attached hydrogens (primary N) is 1. The van der Waals surface area contributed by atoms with Gasteiger partial charge in [-0.2, -0.15) is 79.0 Å². The first-order valence-electron chi connectivity index (χ1n) is 40.6. The molecule has 11 rings (SSSR count). The Hall–Kier alpha value is -9.11. The zero-order valence-electron chi connectivity index (χ0n) is 70.1. The molecule has 4 aliphatic rings. The lowest BCUT2D eigenvalue weighted by molar-refractivity contribution is -0.145. The van der Waals surface area contributed by atoms with Crippen molar-refractivity contribution in [3.63, 3.8) is 0 Å². The van der Waals surface area contributed by atoms with Crippen LogP contribution in [0.4, 0.5) is 79.0 Å². The maximum Gasteiger partial charge on any atom is 0.417 e. The Kier molecular flexibility index (Phi) is 32.8. The van der Waals surface area contributed by atoms with Gasteiger partial charge in [0.05, 0.1) is 89.5 Å². The van der Waals surface area contributed by atoms with E-state index in [0.717, 1.165) is 106 Å². The number of nitrogens with one attached hydrogen (secondary N) is 3. The molecule has 5 N–H and O–H groups in total. The van der Waals surface area contributed by atoms with Crippen molar-refractivity contribution in [2.75, 3.05) is 73.7 Å². The number of likely N-dealkylation sites (tertiary alicyclic amines) is 4. The van der Waals surface area contributed by atoms with E-state index in [-0.39, 0.29) is 29.8 Å². The van der Waals surface area contributed by atoms with E-state index in [0.29, 0.717) is 54.2 Å². The van der Waals surface area contributed by atoms with Gasteiger partial charge in [0, 0.05) is 28.2 Å². The first-order valence-corrected chi connectivity index (χ1v) is 40.6. The molecule has 0 bridgehead atoms. The van der Waals surface area contributed by atoms with Crippen LogP contribution in [-0.4, -0.2) is 133 Å². The Balaban J connectivity index is 0.000000207. The molecule has 0 radical (unpaired) electrons. The smallest absolute Gasteiger partial charge is 0.417 e. The molecule has 0 spiro atoms. The van der Waals surface area contributed by atoms with Gasteiger partial charge in [0.2, 0.25) is 0 Å². The number of carbonyl (C=O) groups is 3. The van der Waals surface area contributed by atoms with Crippen LogP contribution in [0.5, 0.6) is 17.2 Å². The van der Waals surface area contributed by atoms with Crippen LogP contribution >= 0.6 is 0 Å². The molecule has 4 heterocycles. The van der Waals surface area contributed by atoms with Crippen molar-refractivity contribution in [1.29, 1.82) is 0 Å². The summed E-state index contributed by atoms with van der Waals surface area (Å²) in [6.07, 6.45) is -19.6. The van der Waals surface area contributed by atoms with Gasteiger partial charge in [-0.3, -0.25) is 34.0 Å². The zero-order chi connectivity index (χ0) is 90.4. The third-order valence-electron chi connectivity index (χ3n) is 24.6. The van der Waals surface area contributed by atoms with Crippen LogP contribution < -0.4 is 35.9 Å². The highest BCUT2D eigenvalue weighted by molar-refractivity contribution is 6.01. The number of alkyl halides is 18. The summed E-state index contributed by atoms with van der Waals surface area (Å²) in [6.45, 7) is 23.2. The molecule has 4 aliphatic heterocycles. The molecule has 7 aromatic rings. The lowest BCUT2D eigenvalue weighted by Gasteiger charge is -2.45. The standard InChI is InChI=1S/3C25H28F6N2O2.C15H24N2/c3*1-4-23(2,33-12-8-9-13-33)21(16-10-6-5-7-11-16)32-22(34)20-18(25(29,30)31)14-17(24(26,27)28)15-19(20)35-3;1-3-15(2,17-11-7-8-12-17)14(16)13-9-5-4-6-10-13/h3*5-7,10-11,14-15,21H,4,8-9,12-13H2,1-3H3,(H,32,34);4-6,9-10,14H,3,7-8,11-12,16H2,1-2H3. The maximum atomic E-state index is 13.9. The average molecular weight is 1740 g/mol. The fourth-order valence-corrected chi connectivity index (χ4v) is 16.9. The molecular weight excluding hydrogens is 1630 g/mol. The summed E-state index contributed by atoms with van der Waals surface area (Å²) in [4.78, 5) is 49.4. The van der Waals surface area contributed by atoms with Crippen LogP contribution in [0, 0.1) is 0 Å². The Morgan fingerprint density at radius 3 is 0.697 bits per heavy atom. The molecule has 14 nitrogen and oxygen atoms in total. The number of carbonyl (C=O) groups excluding carboxylic acids is 3. The summed E-state index contributed by atoms with van der Waals surface area (Å²) in [5.41, 5.74) is -4.72. The second-order valence-corrected chi connectivity index (χ2v) is 31.7. The van der Waals surface area contributed by atoms with E-state index in [9.17, 15) is 93.4 Å². The summed E-state index contributed by atoms with van der Waals surface area (Å²) in [7, 11) is 2.80. The number of methoxy groups -OCH3 is 3. The number of benzene rings is 7. The molecule has 4 saturated heterocycles. The molecule has 3 amide bonds. The molecule has 32 heteroatoms. The van der Waals surface area contributed by atoms with E-state index >= 15 is 0 Å². The van der Waals surface area contributed by atoms with Gasteiger partial charge in [0.15, 0.2) is 0 Å². The van der Waals surface area contributed by atoms with E-state index in [4.69, 9.17) is 19.9 Å². The molecule has 0 saturated carbocycles. The summed E-state index contributed by atoms with van der Waals surface area (Å²) in [5, 5.41) is 8.16. The fourth-order valence-electron chi connectivity index (χ4n) is 16.9. The number of halogens is 18. The lowest BCUT2D eigenvalue weighted by Crippen LogP contribution is -2.54. The SMILES string of the molecule is CCC(C)(C(N)c1ccccc1)N1CCCC1.CCC(C)(C(NC(=O)c1c(OC)cc(C(F)(F)F)cc1C(F)(F)F)c1ccccc1)N1CCCC1.CCC(C)(C(NC(=O)c1c(OC)cc(C(F)(F)F)cc1C(F)(F)F)c1ccccc1)N1CCCC1.CCC(C)(C(NC(=O)c1c(OC)cc(C(F)(F)F)cc1C(F)(F)F)c1ccccc1)N1CCCC1. The van der Waals surface area contributed by atoms with Crippen molar-refractivity contribution < 1.29 is 108 Å². The maximum absolute atomic E-state index is 13.9. The minimum absolute atomic E-state index is 0.0472. The minimum atomic E-state index is -5.22. The molecule has 4 fully saturated rings. The molecule has 0 aliphatic carbocycles. The van der Waals surface area contributed by atoms with Crippen molar-refractivity contribution in [2.45, 2.75) is 216 Å². The summed E-state index contributed by atoms with van der Waals surface area (Å²) >= 11 is 0. The number of hydrogen-bond acceptors (Lipinski definition) is 11. The van der Waals surface area contributed by atoms with Gasteiger partial charge in [-0.05, 0) is 216 Å². The monoisotopic (exact) mass is 1740 g/mol. The minimum Gasteiger partial charge on any atom is -0.496 e. The predicted molar refractivity (Wildman–Crippen MR) is 430 cm³/mol. The highest BCUT2D eigenvalue weighted by Crippen LogP contribution is 2.49. The molecule has 0 aromatic heterocycles. The number of ether oxygens (including phenoxy) is 3. The van der Waals surface area contributed by atoms with Gasteiger partial charge in [-0.25, -0.2) is 0 Å². The summed E-state index contributed by atoms with van der Waals surface area (Å²) < 4.78 is 259. The first-order chi connectivity index (χ1) is 57.2. The van der Waals surface area contributed by atoms with Gasteiger partial charge >= 0.3 is 37.1 Å². The molecule has 7 aromatic carbocycles. The van der Waals surface area contributed by atoms with Crippen molar-refractivity contribution in [3.05, 3.63) is 230 Å². The Bertz CT molecular complexity index is 4160. The second kappa shape index (κ2) is 40.7. The van der Waals surface area contributed by atoms with Gasteiger partial charge in [-0.1, -0.05) is 149 Å². The number of rotatable bonds is 25. The number of nitrogens with zero attached hydrogens (tertiary/aromatic N) is 4. The lowest BCUT2D eigenvalue weighted by atomic mass is 9.82. The van der Waals surface area contributed by atoms with Gasteiger partial charge < -0.3 is 35.9 Å². The Morgan fingerprint density at radius 2 is 0.516 bits per heavy atom. The normalized spacial score (nSPS) is 18.3. The van der Waals surface area contributed by atoms with E-state index in [1.807, 2.05) is 41.5 Å². The highest BCUT2D eigenvalue weighted by Gasteiger charge is 2.51. The van der Waals surface area contributed by atoms with E-state index in [2.05, 4.69) is 79.7 Å². The quantitative estimate of drug-likeness (QED) is 0.0404. The fraction of sp³-hybridized carbons (Fsp3) is 0.500. The zero-order valence-corrected chi connectivity index (χ0v) is 70.1. The van der Waals surface area contributed by atoms with Crippen LogP contribution in [0.1, 0.15) is 243 Å². The first kappa shape index (κ1) is 98.3. The van der Waals surface area contributed by atoms with E-state index in [1.54, 1.807) is 91.0 Å². The Labute approximate surface area is 700 Å². The Morgan fingerprint density at radius 1 is 0.320 bits per heavy atom. The van der Waals surface area contributed by atoms with Crippen molar-refractivity contribution >= 4 is 17.7 Å². The van der Waals surface area contributed by atoms with Gasteiger partial charge in [0.1, 0.15) is 17.2 Å². The van der Waals surface area contributed by atoms with Crippen molar-refractivity contribution in [3.8, 4) is 17.2 Å². The molecular formula is C90H108F18N8O6. The van der Waals surface area contributed by atoms with Crippen LogP contribution in [0.3, 0.4) is 0 Å². The van der Waals surface area contributed by atoms with Gasteiger partial charge in [-0.15, -0.1) is 0 Å². The predicted octanol–water partition coefficient (Wildman–Crippen LogP) is 22.4. The summed E-state index contributed by atoms with van der Waals surface area (Å²) in [5.74, 6) is -5.86. The molecule has 122 heavy (non-hydrogen) atoms. The number of hydrogen-bond donors (Lipinski definition) is 4. The third-order valence-corrected chi connectivity index (χ3v) is 24.6. The van der Waals surface area contributed by atoms with Crippen LogP contribution in [0.15, 0.2) is 158 Å². The van der Waals surface area contributed by atoms with Crippen LogP contribution in [0.25, 0.3) is 0 Å². The van der Waals surface area contributed by atoms with Crippen LogP contribution in [-0.2, 0) is 37.1 Å². The average Bonchev–Trinajstić information content (AvgIpc) is 1.16. The van der Waals surface area contributed by atoms with E-state index in [1.165, 1.54) is 31.5 Å². The molecule has 670 valence electrons. The molecule has 8 atom stereocenters. The number of amides is 3. The topological polar surface area (TPSA) is 154 Å². The molecule has 8 unspecified atom stereocenters. The largest absolute Gasteiger partial charge is 0.496 e. The van der Waals surface area contributed by atoms with Gasteiger partial charge in [0.25, 0.3) is 17.7 Å². The van der Waals surface area contributed by atoms with Crippen LogP contribution in [0.2, 0.25) is 0 Å².